The van der Waals surface area contributed by atoms with E-state index in [4.69, 9.17) is 27.9 Å². The first-order chi connectivity index (χ1) is 27.2. The zero-order valence-corrected chi connectivity index (χ0v) is 38.5. The third-order valence-corrected chi connectivity index (χ3v) is 18.7. The average Bonchev–Trinajstić information content (AvgIpc) is 3.41. The number of halogens is 2. The minimum absolute atomic E-state index is 0.000845. The van der Waals surface area contributed by atoms with Crippen LogP contribution in [0, 0.1) is 62.6 Å². The Labute approximate surface area is 360 Å². The minimum atomic E-state index is -1.29. The van der Waals surface area contributed by atoms with Gasteiger partial charge in [0.1, 0.15) is 11.6 Å². The van der Waals surface area contributed by atoms with Gasteiger partial charge in [0.05, 0.1) is 27.4 Å². The number of carboxylic acids is 1. The van der Waals surface area contributed by atoms with Gasteiger partial charge in [-0.1, -0.05) is 85.5 Å². The molecule has 1 unspecified atom stereocenters. The molecule has 1 aromatic carbocycles. The van der Waals surface area contributed by atoms with E-state index in [2.05, 4.69) is 59.1 Å². The second-order valence-corrected chi connectivity index (χ2v) is 23.0. The smallest absolute Gasteiger partial charge is 0.309 e. The summed E-state index contributed by atoms with van der Waals surface area (Å²) in [7, 11) is 0. The summed E-state index contributed by atoms with van der Waals surface area (Å²) in [6.07, 6.45) is 7.53. The lowest BCUT2D eigenvalue weighted by molar-refractivity contribution is -0.235. The van der Waals surface area contributed by atoms with Gasteiger partial charge < -0.3 is 20.5 Å². The molecule has 5 fully saturated rings. The van der Waals surface area contributed by atoms with Gasteiger partial charge in [-0.25, -0.2) is 0 Å². The lowest BCUT2D eigenvalue weighted by Crippen LogP contribution is -2.68. The number of ether oxygens (including phenoxy) is 1. The van der Waals surface area contributed by atoms with Crippen molar-refractivity contribution in [3.05, 3.63) is 45.0 Å². The van der Waals surface area contributed by atoms with Crippen LogP contribution < -0.4 is 10.6 Å². The molecule has 1 aromatic rings. The number of fused-ring (bicyclic) bond motifs is 7. The third kappa shape index (κ3) is 6.54. The second-order valence-electron chi connectivity index (χ2n) is 22.2. The number of hydrogen-bond donors (Lipinski definition) is 3. The van der Waals surface area contributed by atoms with Gasteiger partial charge in [-0.05, 0) is 146 Å². The molecular formula is C48H66Cl2N2O7. The van der Waals surface area contributed by atoms with E-state index in [1.165, 1.54) is 6.07 Å². The predicted octanol–water partition coefficient (Wildman–Crippen LogP) is 10.0. The maximum atomic E-state index is 14.4. The SMILES string of the molecule is CC(C)C1=C2[C@H]3CC[C@@H]4[C@@]5(C)CC[C@H](OC(=O)C6C[C@@H](C(=O)O)C6(C)C)C(C)(C)[C@@H]5CC[C@@]4(C)[C@]3(C)CC[C@@]2(NC(=O)C(C)(C)NC(=O)c2ccc(Cl)c(Cl)c2)CC1=O. The Morgan fingerprint density at radius 3 is 2.12 bits per heavy atom. The molecule has 10 atom stereocenters. The van der Waals surface area contributed by atoms with Crippen molar-refractivity contribution in [1.82, 2.24) is 10.6 Å². The lowest BCUT2D eigenvalue weighted by atomic mass is 9.33. The van der Waals surface area contributed by atoms with E-state index in [0.717, 1.165) is 56.1 Å². The number of nitrogens with one attached hydrogen (secondary N) is 2. The van der Waals surface area contributed by atoms with Crippen LogP contribution >= 0.6 is 23.2 Å². The molecule has 0 radical (unpaired) electrons. The van der Waals surface area contributed by atoms with Crippen molar-refractivity contribution >= 4 is 52.7 Å². The summed E-state index contributed by atoms with van der Waals surface area (Å²) >= 11 is 12.3. The summed E-state index contributed by atoms with van der Waals surface area (Å²) in [6, 6.07) is 4.62. The quantitative estimate of drug-likeness (QED) is 0.221. The molecule has 0 aliphatic heterocycles. The zero-order chi connectivity index (χ0) is 43.6. The Hall–Kier alpha value is -2.91. The van der Waals surface area contributed by atoms with Crippen molar-refractivity contribution in [2.75, 3.05) is 0 Å². The second kappa shape index (κ2) is 14.3. The van der Waals surface area contributed by atoms with Crippen molar-refractivity contribution in [2.45, 2.75) is 158 Å². The average molecular weight is 854 g/mol. The monoisotopic (exact) mass is 852 g/mol. The van der Waals surface area contributed by atoms with Crippen molar-refractivity contribution in [2.24, 2.45) is 62.6 Å². The lowest BCUT2D eigenvalue weighted by Gasteiger charge is -2.72. The molecule has 59 heavy (non-hydrogen) atoms. The van der Waals surface area contributed by atoms with Gasteiger partial charge >= 0.3 is 11.9 Å². The standard InChI is InChI=1S/C48H66Cl2N2O7/c1-25(2)36-32(53)24-48(52-41(58)44(7,8)51-38(54)26-12-14-30(49)31(50)22-26)21-20-46(10)27(37(36)48)13-15-34-45(9)18-17-35(43(5,6)33(45)16-19-47(34,46)11)59-40(57)29-23-28(39(55)56)42(29,3)4/h12,14,22,25,27-29,33-35H,13,15-21,23-24H2,1-11H3,(H,51,54)(H,52,58)(H,55,56)/t27-,28+,29?,33+,34-,35+,45+,46-,47-,48-/m1/s1. The van der Waals surface area contributed by atoms with Crippen LogP contribution in [0.15, 0.2) is 29.3 Å². The largest absolute Gasteiger partial charge is 0.481 e. The minimum Gasteiger partial charge on any atom is -0.481 e. The number of amides is 2. The number of aliphatic carboxylic acids is 1. The van der Waals surface area contributed by atoms with Gasteiger partial charge in [-0.3, -0.25) is 24.0 Å². The van der Waals surface area contributed by atoms with Crippen LogP contribution in [-0.2, 0) is 23.9 Å². The van der Waals surface area contributed by atoms with Gasteiger partial charge in [0.2, 0.25) is 5.91 Å². The third-order valence-electron chi connectivity index (χ3n) is 18.0. The number of carboxylic acid groups (broad SMARTS) is 1. The maximum Gasteiger partial charge on any atom is 0.309 e. The number of carbonyl (C=O) groups is 5. The summed E-state index contributed by atoms with van der Waals surface area (Å²) in [5.41, 5.74) is -0.871. The first kappa shape index (κ1) is 44.2. The zero-order valence-electron chi connectivity index (χ0n) is 37.0. The first-order valence-corrected chi connectivity index (χ1v) is 22.7. The van der Waals surface area contributed by atoms with Crippen LogP contribution in [0.5, 0.6) is 0 Å². The van der Waals surface area contributed by atoms with E-state index < -0.39 is 40.2 Å². The molecule has 11 heteroatoms. The number of Topliss-reactive ketones (excluding diaryl/α,β-unsaturated/α-hetero) is 1. The van der Waals surface area contributed by atoms with E-state index in [1.807, 2.05) is 13.8 Å². The summed E-state index contributed by atoms with van der Waals surface area (Å²) in [5.74, 6) is -1.84. The van der Waals surface area contributed by atoms with Gasteiger partial charge in [0.25, 0.3) is 5.91 Å². The van der Waals surface area contributed by atoms with Crippen molar-refractivity contribution in [3.63, 3.8) is 0 Å². The molecule has 2 amide bonds. The summed E-state index contributed by atoms with van der Waals surface area (Å²) in [4.78, 5) is 67.4. The fourth-order valence-corrected chi connectivity index (χ4v) is 14.6. The molecule has 0 bridgehead atoms. The number of allylic oxidation sites excluding steroid dienone is 1. The highest BCUT2D eigenvalue weighted by atomic mass is 35.5. The van der Waals surface area contributed by atoms with E-state index in [9.17, 15) is 29.1 Å². The number of esters is 1. The van der Waals surface area contributed by atoms with Crippen molar-refractivity contribution in [3.8, 4) is 0 Å². The van der Waals surface area contributed by atoms with Crippen LogP contribution in [0.25, 0.3) is 0 Å². The van der Waals surface area contributed by atoms with Crippen LogP contribution in [0.3, 0.4) is 0 Å². The molecule has 0 spiro atoms. The Morgan fingerprint density at radius 2 is 1.51 bits per heavy atom. The fourth-order valence-electron chi connectivity index (χ4n) is 14.3. The Balaban J connectivity index is 1.13. The molecule has 0 saturated heterocycles. The van der Waals surface area contributed by atoms with Gasteiger partial charge in [0, 0.05) is 17.4 Å². The topological polar surface area (TPSA) is 139 Å². The molecule has 0 aromatic heterocycles. The number of ketones is 1. The molecule has 6 aliphatic carbocycles. The highest BCUT2D eigenvalue weighted by molar-refractivity contribution is 6.42. The normalized spacial score (nSPS) is 38.2. The van der Waals surface area contributed by atoms with Crippen molar-refractivity contribution < 1.29 is 33.8 Å². The predicted molar refractivity (Wildman–Crippen MR) is 229 cm³/mol. The van der Waals surface area contributed by atoms with Gasteiger partial charge in [-0.2, -0.15) is 0 Å². The highest BCUT2D eigenvalue weighted by Gasteiger charge is 2.71. The van der Waals surface area contributed by atoms with Gasteiger partial charge in [0.15, 0.2) is 5.78 Å². The van der Waals surface area contributed by atoms with Gasteiger partial charge in [-0.15, -0.1) is 0 Å². The Morgan fingerprint density at radius 1 is 0.831 bits per heavy atom. The molecule has 3 N–H and O–H groups in total. The molecule has 7 rings (SSSR count). The van der Waals surface area contributed by atoms with Crippen LogP contribution in [0.1, 0.15) is 151 Å². The molecule has 324 valence electrons. The molecule has 0 heterocycles. The maximum absolute atomic E-state index is 14.4. The van der Waals surface area contributed by atoms with E-state index in [0.29, 0.717) is 35.3 Å². The molecule has 9 nitrogen and oxygen atoms in total. The summed E-state index contributed by atoms with van der Waals surface area (Å²) in [6.45, 7) is 23.4. The number of benzene rings is 1. The number of carbonyl (C=O) groups excluding carboxylic acids is 4. The van der Waals surface area contributed by atoms with E-state index in [1.54, 1.807) is 26.0 Å². The van der Waals surface area contributed by atoms with E-state index in [-0.39, 0.29) is 68.7 Å². The number of rotatable bonds is 8. The molecule has 5 saturated carbocycles. The van der Waals surface area contributed by atoms with Crippen LogP contribution in [0.2, 0.25) is 10.0 Å². The molecule has 6 aliphatic rings. The van der Waals surface area contributed by atoms with E-state index >= 15 is 0 Å². The first-order valence-electron chi connectivity index (χ1n) is 22.0. The highest BCUT2D eigenvalue weighted by Crippen LogP contribution is 2.76. The summed E-state index contributed by atoms with van der Waals surface area (Å²) in [5, 5.41) is 16.6. The fraction of sp³-hybridized carbons (Fsp3) is 0.729. The summed E-state index contributed by atoms with van der Waals surface area (Å²) < 4.78 is 6.41. The van der Waals surface area contributed by atoms with Crippen LogP contribution in [0.4, 0.5) is 0 Å². The Kier molecular flexibility index (Phi) is 10.7. The number of hydrogen-bond acceptors (Lipinski definition) is 6. The Bertz CT molecular complexity index is 2020. The van der Waals surface area contributed by atoms with Crippen LogP contribution in [-0.4, -0.2) is 51.8 Å². The molecular weight excluding hydrogens is 787 g/mol. The van der Waals surface area contributed by atoms with Crippen molar-refractivity contribution in [1.29, 1.82) is 0 Å².